The highest BCUT2D eigenvalue weighted by Gasteiger charge is 2.25. The Balaban J connectivity index is 2.51. The average Bonchev–Trinajstić information content (AvgIpc) is 2.70. The number of amides is 2. The SMILES string of the molecule is CCCC[C@H](NC(=O)N(C)C1CCCCCC1)C(=O)O. The summed E-state index contributed by atoms with van der Waals surface area (Å²) in [6.45, 7) is 2.01. The fourth-order valence-electron chi connectivity index (χ4n) is 2.73. The number of hydrogen-bond acceptors (Lipinski definition) is 2. The van der Waals surface area contributed by atoms with E-state index in [0.29, 0.717) is 6.42 Å². The summed E-state index contributed by atoms with van der Waals surface area (Å²) in [6.07, 6.45) is 9.06. The number of carbonyl (C=O) groups excluding carboxylic acids is 1. The number of hydrogen-bond donors (Lipinski definition) is 2. The van der Waals surface area contributed by atoms with Crippen molar-refractivity contribution >= 4 is 12.0 Å². The van der Waals surface area contributed by atoms with Crippen LogP contribution in [0.25, 0.3) is 0 Å². The molecule has 0 unspecified atom stereocenters. The molecule has 0 bridgehead atoms. The van der Waals surface area contributed by atoms with Crippen molar-refractivity contribution < 1.29 is 14.7 Å². The number of carboxylic acid groups (broad SMARTS) is 1. The Labute approximate surface area is 121 Å². The lowest BCUT2D eigenvalue weighted by Gasteiger charge is -2.28. The van der Waals surface area contributed by atoms with Crippen LogP contribution >= 0.6 is 0 Å². The van der Waals surface area contributed by atoms with E-state index in [1.54, 1.807) is 11.9 Å². The number of aliphatic carboxylic acids is 1. The summed E-state index contributed by atoms with van der Waals surface area (Å²) in [5.74, 6) is -0.943. The zero-order valence-corrected chi connectivity index (χ0v) is 12.7. The summed E-state index contributed by atoms with van der Waals surface area (Å²) in [5, 5.41) is 11.8. The highest BCUT2D eigenvalue weighted by Crippen LogP contribution is 2.21. The van der Waals surface area contributed by atoms with Gasteiger partial charge in [-0.25, -0.2) is 9.59 Å². The van der Waals surface area contributed by atoms with Gasteiger partial charge in [0, 0.05) is 13.1 Å². The van der Waals surface area contributed by atoms with Crippen LogP contribution in [0, 0.1) is 0 Å². The van der Waals surface area contributed by atoms with Crippen molar-refractivity contribution in [2.45, 2.75) is 76.8 Å². The number of nitrogens with zero attached hydrogens (tertiary/aromatic N) is 1. The molecule has 116 valence electrons. The van der Waals surface area contributed by atoms with E-state index in [0.717, 1.165) is 38.5 Å². The number of nitrogens with one attached hydrogen (secondary N) is 1. The third-order valence-electron chi connectivity index (χ3n) is 4.13. The zero-order chi connectivity index (χ0) is 15.0. The van der Waals surface area contributed by atoms with Gasteiger partial charge in [-0.3, -0.25) is 0 Å². The smallest absolute Gasteiger partial charge is 0.326 e. The minimum absolute atomic E-state index is 0.248. The molecule has 1 aliphatic carbocycles. The third kappa shape index (κ3) is 5.39. The molecule has 1 atom stereocenters. The highest BCUT2D eigenvalue weighted by molar-refractivity contribution is 5.82. The predicted molar refractivity (Wildman–Crippen MR) is 78.7 cm³/mol. The van der Waals surface area contributed by atoms with Crippen LogP contribution in [0.2, 0.25) is 0 Å². The molecule has 5 nitrogen and oxygen atoms in total. The minimum Gasteiger partial charge on any atom is -0.480 e. The van der Waals surface area contributed by atoms with Crippen molar-refractivity contribution in [1.82, 2.24) is 10.2 Å². The van der Waals surface area contributed by atoms with Crippen LogP contribution < -0.4 is 5.32 Å². The highest BCUT2D eigenvalue weighted by atomic mass is 16.4. The molecule has 0 aliphatic heterocycles. The maximum absolute atomic E-state index is 12.2. The van der Waals surface area contributed by atoms with Gasteiger partial charge in [0.1, 0.15) is 6.04 Å². The van der Waals surface area contributed by atoms with E-state index < -0.39 is 12.0 Å². The summed E-state index contributed by atoms with van der Waals surface area (Å²) >= 11 is 0. The normalized spacial score (nSPS) is 18.1. The Hall–Kier alpha value is -1.26. The number of unbranched alkanes of at least 4 members (excludes halogenated alkanes) is 1. The van der Waals surface area contributed by atoms with Crippen molar-refractivity contribution in [1.29, 1.82) is 0 Å². The van der Waals surface area contributed by atoms with E-state index in [-0.39, 0.29) is 12.1 Å². The molecule has 0 aromatic carbocycles. The molecule has 0 saturated heterocycles. The molecule has 0 heterocycles. The van der Waals surface area contributed by atoms with Gasteiger partial charge in [-0.15, -0.1) is 0 Å². The first-order valence-electron chi connectivity index (χ1n) is 7.82. The van der Waals surface area contributed by atoms with Crippen molar-refractivity contribution in [3.63, 3.8) is 0 Å². The Kier molecular flexibility index (Phi) is 7.41. The van der Waals surface area contributed by atoms with Crippen LogP contribution in [-0.4, -0.2) is 41.1 Å². The molecule has 0 aromatic rings. The summed E-state index contributed by atoms with van der Waals surface area (Å²) in [4.78, 5) is 25.0. The van der Waals surface area contributed by atoms with Gasteiger partial charge >= 0.3 is 12.0 Å². The molecule has 1 saturated carbocycles. The molecule has 0 spiro atoms. The maximum atomic E-state index is 12.2. The first kappa shape index (κ1) is 16.8. The van der Waals surface area contributed by atoms with Gasteiger partial charge in [-0.05, 0) is 19.3 Å². The van der Waals surface area contributed by atoms with Gasteiger partial charge in [0.05, 0.1) is 0 Å². The number of carbonyl (C=O) groups is 2. The van der Waals surface area contributed by atoms with E-state index in [1.165, 1.54) is 12.8 Å². The lowest BCUT2D eigenvalue weighted by molar-refractivity contribution is -0.139. The van der Waals surface area contributed by atoms with E-state index in [4.69, 9.17) is 5.11 Å². The van der Waals surface area contributed by atoms with Crippen LogP contribution in [0.5, 0.6) is 0 Å². The molecule has 1 fully saturated rings. The largest absolute Gasteiger partial charge is 0.480 e. The number of urea groups is 1. The van der Waals surface area contributed by atoms with Gasteiger partial charge in [0.25, 0.3) is 0 Å². The Morgan fingerprint density at radius 3 is 2.35 bits per heavy atom. The third-order valence-corrected chi connectivity index (χ3v) is 4.13. The molecule has 2 amide bonds. The van der Waals surface area contributed by atoms with E-state index >= 15 is 0 Å². The minimum atomic E-state index is -0.943. The second-order valence-electron chi connectivity index (χ2n) is 5.74. The lowest BCUT2D eigenvalue weighted by atomic mass is 10.1. The second-order valence-corrected chi connectivity index (χ2v) is 5.74. The molecule has 1 aliphatic rings. The van der Waals surface area contributed by atoms with E-state index in [1.807, 2.05) is 6.92 Å². The van der Waals surface area contributed by atoms with Crippen molar-refractivity contribution in [2.24, 2.45) is 0 Å². The van der Waals surface area contributed by atoms with Crippen LogP contribution in [0.1, 0.15) is 64.7 Å². The summed E-state index contributed by atoms with van der Waals surface area (Å²) in [6, 6.07) is -0.769. The van der Waals surface area contributed by atoms with E-state index in [2.05, 4.69) is 5.32 Å². The van der Waals surface area contributed by atoms with Crippen molar-refractivity contribution in [3.8, 4) is 0 Å². The average molecular weight is 284 g/mol. The van der Waals surface area contributed by atoms with Crippen LogP contribution in [-0.2, 0) is 4.79 Å². The predicted octanol–water partition coefficient (Wildman–Crippen LogP) is 2.99. The first-order valence-corrected chi connectivity index (χ1v) is 7.82. The molecule has 1 rings (SSSR count). The molecular formula is C15H28N2O3. The molecule has 0 radical (unpaired) electrons. The molecule has 2 N–H and O–H groups in total. The Bertz CT molecular complexity index is 312. The van der Waals surface area contributed by atoms with Crippen molar-refractivity contribution in [3.05, 3.63) is 0 Å². The molecule has 20 heavy (non-hydrogen) atoms. The van der Waals surface area contributed by atoms with E-state index in [9.17, 15) is 9.59 Å². The van der Waals surface area contributed by atoms with Gasteiger partial charge in [-0.1, -0.05) is 45.4 Å². The van der Waals surface area contributed by atoms with Gasteiger partial charge in [0.2, 0.25) is 0 Å². The fourth-order valence-corrected chi connectivity index (χ4v) is 2.73. The summed E-state index contributed by atoms with van der Waals surface area (Å²) in [7, 11) is 1.78. The quantitative estimate of drug-likeness (QED) is 0.737. The molecule has 5 heteroatoms. The van der Waals surface area contributed by atoms with Crippen LogP contribution in [0.4, 0.5) is 4.79 Å². The van der Waals surface area contributed by atoms with Gasteiger partial charge in [0.15, 0.2) is 0 Å². The maximum Gasteiger partial charge on any atom is 0.326 e. The lowest BCUT2D eigenvalue weighted by Crippen LogP contribution is -2.49. The molecular weight excluding hydrogens is 256 g/mol. The Morgan fingerprint density at radius 1 is 1.25 bits per heavy atom. The molecule has 0 aromatic heterocycles. The van der Waals surface area contributed by atoms with Crippen molar-refractivity contribution in [2.75, 3.05) is 7.05 Å². The fraction of sp³-hybridized carbons (Fsp3) is 0.867. The zero-order valence-electron chi connectivity index (χ0n) is 12.7. The summed E-state index contributed by atoms with van der Waals surface area (Å²) < 4.78 is 0. The van der Waals surface area contributed by atoms with Gasteiger partial charge in [-0.2, -0.15) is 0 Å². The first-order chi connectivity index (χ1) is 9.56. The second kappa shape index (κ2) is 8.82. The topological polar surface area (TPSA) is 69.6 Å². The van der Waals surface area contributed by atoms with Crippen LogP contribution in [0.15, 0.2) is 0 Å². The Morgan fingerprint density at radius 2 is 1.85 bits per heavy atom. The van der Waals surface area contributed by atoms with Crippen LogP contribution in [0.3, 0.4) is 0 Å². The number of carboxylic acids is 1. The summed E-state index contributed by atoms with van der Waals surface area (Å²) in [5.41, 5.74) is 0. The number of rotatable bonds is 6. The van der Waals surface area contributed by atoms with Gasteiger partial charge < -0.3 is 15.3 Å². The monoisotopic (exact) mass is 284 g/mol. The standard InChI is InChI=1S/C15H28N2O3/c1-3-4-11-13(14(18)19)16-15(20)17(2)12-9-7-5-6-8-10-12/h12-13H,3-11H2,1-2H3,(H,16,20)(H,18,19)/t13-/m0/s1.